The highest BCUT2D eigenvalue weighted by molar-refractivity contribution is 7.89. The number of thiazole rings is 1. The molecule has 0 spiro atoms. The number of halogens is 3. The molecule has 0 amide bonds. The van der Waals surface area contributed by atoms with Crippen LogP contribution in [0.2, 0.25) is 0 Å². The molecule has 104 valence electrons. The van der Waals surface area contributed by atoms with Crippen molar-refractivity contribution in [2.45, 2.75) is 12.7 Å². The molecule has 0 aliphatic carbocycles. The average molecular weight is 304 g/mol. The first-order valence-corrected chi connectivity index (χ1v) is 7.25. The lowest BCUT2D eigenvalue weighted by Gasteiger charge is -2.04. The molecule has 0 aromatic carbocycles. The van der Waals surface area contributed by atoms with Gasteiger partial charge in [-0.05, 0) is 0 Å². The van der Waals surface area contributed by atoms with Gasteiger partial charge in [-0.15, -0.1) is 11.3 Å². The van der Waals surface area contributed by atoms with E-state index < -0.39 is 21.9 Å². The van der Waals surface area contributed by atoms with E-state index in [2.05, 4.69) is 14.4 Å². The van der Waals surface area contributed by atoms with Crippen LogP contribution in [-0.2, 0) is 27.5 Å². The molecular formula is C8H11F3N2O3S2. The molecule has 1 aromatic rings. The highest BCUT2D eigenvalue weighted by atomic mass is 32.2. The van der Waals surface area contributed by atoms with Crippen LogP contribution in [-0.4, -0.2) is 32.9 Å². The van der Waals surface area contributed by atoms with E-state index in [0.717, 1.165) is 16.7 Å². The van der Waals surface area contributed by atoms with Crippen molar-refractivity contribution in [2.24, 2.45) is 0 Å². The third-order valence-corrected chi connectivity index (χ3v) is 3.98. The molecule has 0 aliphatic rings. The van der Waals surface area contributed by atoms with Crippen LogP contribution in [0.3, 0.4) is 0 Å². The molecule has 0 fully saturated rings. The highest BCUT2D eigenvalue weighted by Crippen LogP contribution is 2.29. The number of sulfonamides is 1. The fourth-order valence-electron chi connectivity index (χ4n) is 0.959. The number of ether oxygens (including phenoxy) is 1. The molecule has 10 heteroatoms. The van der Waals surface area contributed by atoms with Crippen LogP contribution < -0.4 is 4.72 Å². The Hall–Kier alpha value is -0.710. The molecule has 0 saturated carbocycles. The minimum atomic E-state index is -4.51. The Balaban J connectivity index is 2.57. The molecule has 1 aromatic heterocycles. The van der Waals surface area contributed by atoms with Crippen molar-refractivity contribution in [3.8, 4) is 0 Å². The number of hydrogen-bond acceptors (Lipinski definition) is 5. The summed E-state index contributed by atoms with van der Waals surface area (Å²) in [5.41, 5.74) is -1.02. The van der Waals surface area contributed by atoms with E-state index in [0.29, 0.717) is 0 Å². The van der Waals surface area contributed by atoms with Crippen molar-refractivity contribution in [2.75, 3.05) is 19.5 Å². The zero-order valence-electron chi connectivity index (χ0n) is 9.32. The van der Waals surface area contributed by atoms with Crippen molar-refractivity contribution < 1.29 is 26.3 Å². The summed E-state index contributed by atoms with van der Waals surface area (Å²) in [5.74, 6) is -0.249. The zero-order chi connectivity index (χ0) is 13.8. The van der Waals surface area contributed by atoms with E-state index in [1.807, 2.05) is 0 Å². The molecule has 0 radical (unpaired) electrons. The Morgan fingerprint density at radius 3 is 2.67 bits per heavy atom. The predicted molar refractivity (Wildman–Crippen MR) is 59.6 cm³/mol. The van der Waals surface area contributed by atoms with Gasteiger partial charge in [0.1, 0.15) is 5.01 Å². The van der Waals surface area contributed by atoms with E-state index in [1.54, 1.807) is 0 Å². The molecule has 1 rings (SSSR count). The maximum Gasteiger partial charge on any atom is 0.434 e. The van der Waals surface area contributed by atoms with Gasteiger partial charge in [-0.25, -0.2) is 18.1 Å². The molecule has 1 heterocycles. The van der Waals surface area contributed by atoms with Gasteiger partial charge in [-0.2, -0.15) is 13.2 Å². The number of nitrogens with one attached hydrogen (secondary N) is 1. The Labute approximate surface area is 106 Å². The topological polar surface area (TPSA) is 68.3 Å². The van der Waals surface area contributed by atoms with Crippen LogP contribution in [0.5, 0.6) is 0 Å². The second-order valence-corrected chi connectivity index (χ2v) is 6.13. The summed E-state index contributed by atoms with van der Waals surface area (Å²) in [6, 6.07) is 0. The van der Waals surface area contributed by atoms with Crippen molar-refractivity contribution in [1.29, 1.82) is 0 Å². The van der Waals surface area contributed by atoms with Crippen molar-refractivity contribution in [3.05, 3.63) is 16.1 Å². The predicted octanol–water partition coefficient (Wildman–Crippen LogP) is 1.23. The number of hydrogen-bond donors (Lipinski definition) is 1. The number of nitrogens with zero attached hydrogens (tertiary/aromatic N) is 1. The maximum atomic E-state index is 12.2. The van der Waals surface area contributed by atoms with Crippen molar-refractivity contribution in [3.63, 3.8) is 0 Å². The third-order valence-electron chi connectivity index (χ3n) is 1.84. The molecule has 18 heavy (non-hydrogen) atoms. The van der Waals surface area contributed by atoms with Gasteiger partial charge in [0.05, 0.1) is 18.9 Å². The Bertz CT molecular complexity index is 484. The van der Waals surface area contributed by atoms with Crippen LogP contribution in [0, 0.1) is 0 Å². The Morgan fingerprint density at radius 2 is 2.17 bits per heavy atom. The standard InChI is InChI=1S/C8H11F3N2O3S2/c1-16-2-3-18(14,15)12-4-7-13-6(5-17-7)8(9,10)11/h5,12H,2-4H2,1H3. The van der Waals surface area contributed by atoms with Gasteiger partial charge in [-0.3, -0.25) is 0 Å². The Kier molecular flexibility index (Phi) is 5.08. The molecule has 0 atom stereocenters. The summed E-state index contributed by atoms with van der Waals surface area (Å²) in [7, 11) is -2.20. The molecule has 1 N–H and O–H groups in total. The lowest BCUT2D eigenvalue weighted by Crippen LogP contribution is -2.27. The van der Waals surface area contributed by atoms with E-state index in [1.165, 1.54) is 7.11 Å². The Morgan fingerprint density at radius 1 is 1.50 bits per heavy atom. The smallest absolute Gasteiger partial charge is 0.384 e. The zero-order valence-corrected chi connectivity index (χ0v) is 11.0. The first-order chi connectivity index (χ1) is 8.24. The second-order valence-electron chi connectivity index (χ2n) is 3.26. The number of methoxy groups -OCH3 is 1. The fourth-order valence-corrected chi connectivity index (χ4v) is 2.68. The van der Waals surface area contributed by atoms with E-state index >= 15 is 0 Å². The molecule has 0 unspecified atom stereocenters. The maximum absolute atomic E-state index is 12.2. The van der Waals surface area contributed by atoms with Gasteiger partial charge < -0.3 is 4.74 Å². The average Bonchev–Trinajstić information content (AvgIpc) is 2.72. The second kappa shape index (κ2) is 5.95. The van der Waals surface area contributed by atoms with Crippen LogP contribution in [0.15, 0.2) is 5.38 Å². The normalized spacial score (nSPS) is 12.9. The minimum absolute atomic E-state index is 0.0149. The van der Waals surface area contributed by atoms with Gasteiger partial charge in [0.2, 0.25) is 10.0 Å². The lowest BCUT2D eigenvalue weighted by atomic mass is 10.5. The highest BCUT2D eigenvalue weighted by Gasteiger charge is 2.33. The summed E-state index contributed by atoms with van der Waals surface area (Å²) in [6.45, 7) is -0.242. The van der Waals surface area contributed by atoms with Crippen LogP contribution in [0.4, 0.5) is 13.2 Å². The van der Waals surface area contributed by atoms with Gasteiger partial charge in [-0.1, -0.05) is 0 Å². The fraction of sp³-hybridized carbons (Fsp3) is 0.625. The largest absolute Gasteiger partial charge is 0.434 e. The van der Waals surface area contributed by atoms with Crippen LogP contribution >= 0.6 is 11.3 Å². The molecular weight excluding hydrogens is 293 g/mol. The first kappa shape index (κ1) is 15.3. The summed E-state index contributed by atoms with van der Waals surface area (Å²) in [4.78, 5) is 3.30. The van der Waals surface area contributed by atoms with E-state index in [4.69, 9.17) is 0 Å². The number of alkyl halides is 3. The van der Waals surface area contributed by atoms with Gasteiger partial charge >= 0.3 is 6.18 Å². The van der Waals surface area contributed by atoms with E-state index in [-0.39, 0.29) is 23.9 Å². The first-order valence-electron chi connectivity index (χ1n) is 4.72. The number of aromatic nitrogens is 1. The monoisotopic (exact) mass is 304 g/mol. The lowest BCUT2D eigenvalue weighted by molar-refractivity contribution is -0.140. The minimum Gasteiger partial charge on any atom is -0.384 e. The van der Waals surface area contributed by atoms with Crippen molar-refractivity contribution >= 4 is 21.4 Å². The van der Waals surface area contributed by atoms with Crippen LogP contribution in [0.1, 0.15) is 10.7 Å². The van der Waals surface area contributed by atoms with E-state index in [9.17, 15) is 21.6 Å². The van der Waals surface area contributed by atoms with Crippen LogP contribution in [0.25, 0.3) is 0 Å². The third kappa shape index (κ3) is 4.88. The summed E-state index contributed by atoms with van der Waals surface area (Å²) >= 11 is 0.752. The quantitative estimate of drug-likeness (QED) is 0.858. The molecule has 0 aliphatic heterocycles. The molecule has 0 saturated heterocycles. The van der Waals surface area contributed by atoms with Crippen molar-refractivity contribution in [1.82, 2.24) is 9.71 Å². The van der Waals surface area contributed by atoms with Gasteiger partial charge in [0.15, 0.2) is 5.69 Å². The SMILES string of the molecule is COCCS(=O)(=O)NCc1nc(C(F)(F)F)cs1. The summed E-state index contributed by atoms with van der Waals surface area (Å²) in [6.07, 6.45) is -4.51. The summed E-state index contributed by atoms with van der Waals surface area (Å²) in [5, 5.41) is 0.905. The summed E-state index contributed by atoms with van der Waals surface area (Å²) < 4.78 is 66.1. The molecule has 0 bridgehead atoms. The molecule has 5 nitrogen and oxygen atoms in total. The van der Waals surface area contributed by atoms with Gasteiger partial charge in [0.25, 0.3) is 0 Å². The van der Waals surface area contributed by atoms with Gasteiger partial charge in [0, 0.05) is 12.5 Å². The number of rotatable bonds is 6.